The standard InChI is InChI=1S/C13H16N2O3/c16-12-9-15(8-7-14-12)11-4-2-1-3-10(11)5-6-13(17)18/h1-4H,5-9H2,(H,14,16)(H,17,18). The Bertz CT molecular complexity index is 459. The van der Waals surface area contributed by atoms with Crippen LogP contribution in [0.25, 0.3) is 0 Å². The van der Waals surface area contributed by atoms with E-state index in [-0.39, 0.29) is 12.3 Å². The topological polar surface area (TPSA) is 69.6 Å². The van der Waals surface area contributed by atoms with Gasteiger partial charge in [-0.05, 0) is 18.1 Å². The van der Waals surface area contributed by atoms with Crippen molar-refractivity contribution in [1.82, 2.24) is 5.32 Å². The van der Waals surface area contributed by atoms with Crippen LogP contribution < -0.4 is 10.2 Å². The Balaban J connectivity index is 2.15. The number of anilines is 1. The predicted octanol–water partition coefficient (Wildman–Crippen LogP) is 0.640. The number of nitrogens with zero attached hydrogens (tertiary/aromatic N) is 1. The largest absolute Gasteiger partial charge is 0.481 e. The molecule has 1 saturated heterocycles. The number of carbonyl (C=O) groups excluding carboxylic acids is 1. The SMILES string of the molecule is O=C(O)CCc1ccccc1N1CCNC(=O)C1. The molecule has 0 spiro atoms. The Labute approximate surface area is 105 Å². The molecule has 18 heavy (non-hydrogen) atoms. The highest BCUT2D eigenvalue weighted by Gasteiger charge is 2.18. The molecule has 0 unspecified atom stereocenters. The van der Waals surface area contributed by atoms with Crippen LogP contribution in [0.3, 0.4) is 0 Å². The van der Waals surface area contributed by atoms with Gasteiger partial charge in [-0.15, -0.1) is 0 Å². The quantitative estimate of drug-likeness (QED) is 0.820. The molecule has 0 saturated carbocycles. The van der Waals surface area contributed by atoms with Crippen LogP contribution in [-0.2, 0) is 16.0 Å². The zero-order chi connectivity index (χ0) is 13.0. The van der Waals surface area contributed by atoms with E-state index in [1.807, 2.05) is 29.2 Å². The molecule has 96 valence electrons. The van der Waals surface area contributed by atoms with E-state index in [1.54, 1.807) is 0 Å². The molecule has 1 aromatic rings. The lowest BCUT2D eigenvalue weighted by Crippen LogP contribution is -2.48. The summed E-state index contributed by atoms with van der Waals surface area (Å²) in [5.74, 6) is -0.796. The lowest BCUT2D eigenvalue weighted by atomic mass is 10.1. The maximum absolute atomic E-state index is 11.4. The first-order valence-electron chi connectivity index (χ1n) is 5.98. The molecule has 1 aliphatic rings. The average molecular weight is 248 g/mol. The smallest absolute Gasteiger partial charge is 0.303 e. The zero-order valence-corrected chi connectivity index (χ0v) is 10.1. The summed E-state index contributed by atoms with van der Waals surface area (Å²) in [6.07, 6.45) is 0.598. The van der Waals surface area contributed by atoms with E-state index >= 15 is 0 Å². The summed E-state index contributed by atoms with van der Waals surface area (Å²) in [5.41, 5.74) is 1.95. The van der Waals surface area contributed by atoms with Gasteiger partial charge in [0.05, 0.1) is 6.54 Å². The van der Waals surface area contributed by atoms with Crippen LogP contribution >= 0.6 is 0 Å². The number of aryl methyl sites for hydroxylation is 1. The fourth-order valence-corrected chi connectivity index (χ4v) is 2.12. The molecule has 5 heteroatoms. The molecule has 1 amide bonds. The van der Waals surface area contributed by atoms with Gasteiger partial charge in [-0.3, -0.25) is 9.59 Å². The Hall–Kier alpha value is -2.04. The van der Waals surface area contributed by atoms with Crippen molar-refractivity contribution >= 4 is 17.6 Å². The predicted molar refractivity (Wildman–Crippen MR) is 67.6 cm³/mol. The number of hydrogen-bond donors (Lipinski definition) is 2. The fourth-order valence-electron chi connectivity index (χ4n) is 2.12. The van der Waals surface area contributed by atoms with Crippen molar-refractivity contribution in [3.63, 3.8) is 0 Å². The number of carboxylic acid groups (broad SMARTS) is 1. The van der Waals surface area contributed by atoms with Gasteiger partial charge in [0.25, 0.3) is 0 Å². The van der Waals surface area contributed by atoms with Gasteiger partial charge in [-0.2, -0.15) is 0 Å². The second-order valence-corrected chi connectivity index (χ2v) is 4.29. The zero-order valence-electron chi connectivity index (χ0n) is 10.1. The molecule has 5 nitrogen and oxygen atoms in total. The third-order valence-corrected chi connectivity index (χ3v) is 2.98. The summed E-state index contributed by atoms with van der Waals surface area (Å²) in [4.78, 5) is 24.0. The summed E-state index contributed by atoms with van der Waals surface area (Å²) in [5, 5.41) is 11.5. The van der Waals surface area contributed by atoms with Crippen molar-refractivity contribution in [1.29, 1.82) is 0 Å². The summed E-state index contributed by atoms with van der Waals surface area (Å²) < 4.78 is 0. The fraction of sp³-hybridized carbons (Fsp3) is 0.385. The highest BCUT2D eigenvalue weighted by molar-refractivity contribution is 5.83. The molecular formula is C13H16N2O3. The monoisotopic (exact) mass is 248 g/mol. The van der Waals surface area contributed by atoms with Gasteiger partial charge in [0.2, 0.25) is 5.91 Å². The van der Waals surface area contributed by atoms with Crippen molar-refractivity contribution in [3.8, 4) is 0 Å². The normalized spacial score (nSPS) is 15.3. The molecule has 1 aliphatic heterocycles. The Morgan fingerprint density at radius 2 is 2.17 bits per heavy atom. The third kappa shape index (κ3) is 3.00. The Morgan fingerprint density at radius 3 is 2.89 bits per heavy atom. The van der Waals surface area contributed by atoms with Crippen LogP contribution in [-0.4, -0.2) is 36.6 Å². The number of hydrogen-bond acceptors (Lipinski definition) is 3. The third-order valence-electron chi connectivity index (χ3n) is 2.98. The van der Waals surface area contributed by atoms with E-state index < -0.39 is 5.97 Å². The minimum atomic E-state index is -0.804. The molecule has 0 atom stereocenters. The Kier molecular flexibility index (Phi) is 3.82. The maximum Gasteiger partial charge on any atom is 0.303 e. The van der Waals surface area contributed by atoms with Gasteiger partial charge < -0.3 is 15.3 Å². The molecule has 0 radical (unpaired) electrons. The number of carboxylic acids is 1. The van der Waals surface area contributed by atoms with Gasteiger partial charge in [0.1, 0.15) is 0 Å². The Morgan fingerprint density at radius 1 is 1.39 bits per heavy atom. The number of para-hydroxylation sites is 1. The number of benzene rings is 1. The van der Waals surface area contributed by atoms with Gasteiger partial charge in [-0.1, -0.05) is 18.2 Å². The number of carbonyl (C=O) groups is 2. The number of amides is 1. The molecule has 1 aromatic carbocycles. The van der Waals surface area contributed by atoms with Crippen LogP contribution in [0.15, 0.2) is 24.3 Å². The number of nitrogens with one attached hydrogen (secondary N) is 1. The van der Waals surface area contributed by atoms with Crippen molar-refractivity contribution in [2.75, 3.05) is 24.5 Å². The van der Waals surface area contributed by atoms with E-state index in [9.17, 15) is 9.59 Å². The highest BCUT2D eigenvalue weighted by Crippen LogP contribution is 2.22. The van der Waals surface area contributed by atoms with Crippen LogP contribution in [0, 0.1) is 0 Å². The van der Waals surface area contributed by atoms with Gasteiger partial charge in [0, 0.05) is 25.2 Å². The van der Waals surface area contributed by atoms with Crippen molar-refractivity contribution < 1.29 is 14.7 Å². The molecule has 0 bridgehead atoms. The molecule has 1 fully saturated rings. The second-order valence-electron chi connectivity index (χ2n) is 4.29. The summed E-state index contributed by atoms with van der Waals surface area (Å²) in [6.45, 7) is 1.73. The summed E-state index contributed by atoms with van der Waals surface area (Å²) in [6, 6.07) is 7.66. The molecule has 1 heterocycles. The highest BCUT2D eigenvalue weighted by atomic mass is 16.4. The van der Waals surface area contributed by atoms with E-state index in [4.69, 9.17) is 5.11 Å². The average Bonchev–Trinajstić information content (AvgIpc) is 2.36. The lowest BCUT2D eigenvalue weighted by molar-refractivity contribution is -0.137. The van der Waals surface area contributed by atoms with Gasteiger partial charge in [0.15, 0.2) is 0 Å². The van der Waals surface area contributed by atoms with Crippen LogP contribution in [0.1, 0.15) is 12.0 Å². The van der Waals surface area contributed by atoms with Crippen LogP contribution in [0.2, 0.25) is 0 Å². The summed E-state index contributed by atoms with van der Waals surface area (Å²) >= 11 is 0. The first kappa shape index (κ1) is 12.4. The summed E-state index contributed by atoms with van der Waals surface area (Å²) in [7, 11) is 0. The molecule has 2 N–H and O–H groups in total. The first-order chi connectivity index (χ1) is 8.66. The van der Waals surface area contributed by atoms with Crippen molar-refractivity contribution in [2.45, 2.75) is 12.8 Å². The van der Waals surface area contributed by atoms with E-state index in [0.29, 0.717) is 19.5 Å². The van der Waals surface area contributed by atoms with Crippen molar-refractivity contribution in [2.24, 2.45) is 0 Å². The van der Waals surface area contributed by atoms with Crippen molar-refractivity contribution in [3.05, 3.63) is 29.8 Å². The van der Waals surface area contributed by atoms with Gasteiger partial charge >= 0.3 is 5.97 Å². The number of piperazine rings is 1. The molecule has 0 aromatic heterocycles. The molecule has 0 aliphatic carbocycles. The maximum atomic E-state index is 11.4. The lowest BCUT2D eigenvalue weighted by Gasteiger charge is -2.30. The minimum Gasteiger partial charge on any atom is -0.481 e. The van der Waals surface area contributed by atoms with Crippen LogP contribution in [0.4, 0.5) is 5.69 Å². The van der Waals surface area contributed by atoms with E-state index in [1.165, 1.54) is 0 Å². The molecule has 2 rings (SSSR count). The molecular weight excluding hydrogens is 232 g/mol. The van der Waals surface area contributed by atoms with Crippen LogP contribution in [0.5, 0.6) is 0 Å². The number of aliphatic carboxylic acids is 1. The number of rotatable bonds is 4. The van der Waals surface area contributed by atoms with Gasteiger partial charge in [-0.25, -0.2) is 0 Å². The second kappa shape index (κ2) is 5.53. The minimum absolute atomic E-state index is 0.00860. The first-order valence-corrected chi connectivity index (χ1v) is 5.98. The van der Waals surface area contributed by atoms with E-state index in [2.05, 4.69) is 5.32 Å². The van der Waals surface area contributed by atoms with E-state index in [0.717, 1.165) is 17.8 Å².